The first kappa shape index (κ1) is 31.8. The van der Waals surface area contributed by atoms with Crippen LogP contribution in [0.2, 0.25) is 0 Å². The minimum absolute atomic E-state index is 0.0355. The van der Waals surface area contributed by atoms with Crippen molar-refractivity contribution in [2.75, 3.05) is 31.1 Å². The number of aliphatic carboxylic acids is 1. The molecule has 1 spiro atoms. The number of hydrogen-bond donors (Lipinski definition) is 2. The van der Waals surface area contributed by atoms with Crippen LogP contribution in [0.3, 0.4) is 0 Å². The van der Waals surface area contributed by atoms with Crippen molar-refractivity contribution >= 4 is 17.6 Å². The summed E-state index contributed by atoms with van der Waals surface area (Å²) in [4.78, 5) is 35.0. The van der Waals surface area contributed by atoms with Gasteiger partial charge in [0.15, 0.2) is 11.6 Å². The fraction of sp³-hybridized carbons (Fsp3) is 0.387. The lowest BCUT2D eigenvalue weighted by molar-refractivity contribution is -0.192. The molecule has 6 rings (SSSR count). The molecule has 1 aliphatic carbocycles. The van der Waals surface area contributed by atoms with Gasteiger partial charge in [-0.1, -0.05) is 12.1 Å². The van der Waals surface area contributed by atoms with Crippen LogP contribution in [0.25, 0.3) is 0 Å². The summed E-state index contributed by atoms with van der Waals surface area (Å²) in [6.45, 7) is 6.42. The van der Waals surface area contributed by atoms with E-state index < -0.39 is 29.3 Å². The molecule has 0 radical (unpaired) electrons. The van der Waals surface area contributed by atoms with E-state index in [-0.39, 0.29) is 17.2 Å². The molecule has 3 aromatic rings. The Hall–Kier alpha value is -4.64. The number of nitriles is 1. The van der Waals surface area contributed by atoms with Gasteiger partial charge in [-0.25, -0.2) is 13.6 Å². The number of pyridine rings is 2. The highest BCUT2D eigenvalue weighted by Gasteiger charge is 2.51. The van der Waals surface area contributed by atoms with Crippen LogP contribution in [0.5, 0.6) is 0 Å². The second kappa shape index (κ2) is 12.0. The average molecular weight is 629 g/mol. The van der Waals surface area contributed by atoms with Crippen molar-refractivity contribution in [1.82, 2.24) is 20.2 Å². The SMILES string of the molecule is C[C@@](NC(=O)C1CC1)(c1ccc(F)c(F)c1)c1ccc(CN2CC3(C2)CN(c2cncc(C#N)c2)C3)cn1.O=C(O)C(F)(F)F. The van der Waals surface area contributed by atoms with Crippen molar-refractivity contribution in [3.05, 3.63) is 89.0 Å². The second-order valence-electron chi connectivity index (χ2n) is 11.9. The fourth-order valence-electron chi connectivity index (χ4n) is 5.68. The Labute approximate surface area is 255 Å². The van der Waals surface area contributed by atoms with Gasteiger partial charge in [0.2, 0.25) is 5.91 Å². The molecule has 1 aromatic carbocycles. The first-order valence-corrected chi connectivity index (χ1v) is 14.1. The highest BCUT2D eigenvalue weighted by Crippen LogP contribution is 2.42. The van der Waals surface area contributed by atoms with Crippen molar-refractivity contribution < 1.29 is 36.6 Å². The Kier molecular flexibility index (Phi) is 8.50. The number of hydrogen-bond acceptors (Lipinski definition) is 7. The molecule has 0 bridgehead atoms. The fourth-order valence-corrected chi connectivity index (χ4v) is 5.68. The number of nitrogens with one attached hydrogen (secondary N) is 1. The van der Waals surface area contributed by atoms with Gasteiger partial charge in [0.25, 0.3) is 0 Å². The van der Waals surface area contributed by atoms with E-state index in [4.69, 9.17) is 15.2 Å². The molecule has 1 atom stereocenters. The van der Waals surface area contributed by atoms with Gasteiger partial charge >= 0.3 is 12.1 Å². The lowest BCUT2D eigenvalue weighted by Crippen LogP contribution is -2.72. The Balaban J connectivity index is 0.000000515. The number of nitrogens with zero attached hydrogens (tertiary/aromatic N) is 5. The molecule has 1 saturated carbocycles. The molecule has 2 aromatic heterocycles. The summed E-state index contributed by atoms with van der Waals surface area (Å²) < 4.78 is 59.5. The third-order valence-electron chi connectivity index (χ3n) is 8.19. The third-order valence-corrected chi connectivity index (χ3v) is 8.19. The number of rotatable bonds is 7. The van der Waals surface area contributed by atoms with Crippen molar-refractivity contribution in [2.24, 2.45) is 11.3 Å². The Morgan fingerprint density at radius 3 is 2.29 bits per heavy atom. The van der Waals surface area contributed by atoms with Gasteiger partial charge in [-0.3, -0.25) is 19.7 Å². The highest BCUT2D eigenvalue weighted by atomic mass is 19.4. The van der Waals surface area contributed by atoms with Crippen LogP contribution in [0.1, 0.15) is 42.1 Å². The van der Waals surface area contributed by atoms with Crippen molar-refractivity contribution in [2.45, 2.75) is 38.0 Å². The van der Waals surface area contributed by atoms with E-state index in [1.165, 1.54) is 6.07 Å². The Bertz CT molecular complexity index is 1630. The zero-order valence-corrected chi connectivity index (χ0v) is 24.1. The van der Waals surface area contributed by atoms with Crippen molar-refractivity contribution in [1.29, 1.82) is 5.26 Å². The van der Waals surface area contributed by atoms with Gasteiger partial charge in [-0.05, 0) is 55.2 Å². The summed E-state index contributed by atoms with van der Waals surface area (Å²) >= 11 is 0. The van der Waals surface area contributed by atoms with Crippen LogP contribution in [-0.4, -0.2) is 64.2 Å². The van der Waals surface area contributed by atoms with Crippen molar-refractivity contribution in [3.8, 4) is 6.07 Å². The molecule has 2 saturated heterocycles. The molecular formula is C31H29F5N6O3. The maximum absolute atomic E-state index is 14.1. The standard InChI is InChI=1S/C29H28F2N6O.C2HF3O2/c1-28(35-27(38)21-3-4-21,22-5-6-24(30)25(31)9-22)26-7-2-19(12-34-26)14-36-15-29(16-36)17-37(18-29)23-8-20(10-32)11-33-13-23;3-2(4,5)1(6)7/h2,5-9,11-13,21H,3-4,14-18H2,1H3,(H,35,38);(H,6,7)/t28-;/m1./s1. The molecule has 3 fully saturated rings. The Morgan fingerprint density at radius 1 is 1.04 bits per heavy atom. The molecule has 1 amide bonds. The average Bonchev–Trinajstić information content (AvgIpc) is 3.81. The number of carbonyl (C=O) groups excluding carboxylic acids is 1. The largest absolute Gasteiger partial charge is 0.490 e. The molecule has 4 heterocycles. The van der Waals surface area contributed by atoms with Gasteiger partial charge in [-0.15, -0.1) is 0 Å². The molecule has 2 N–H and O–H groups in total. The number of carboxylic acid groups (broad SMARTS) is 1. The number of carbonyl (C=O) groups is 2. The van der Waals surface area contributed by atoms with E-state index in [0.29, 0.717) is 16.8 Å². The summed E-state index contributed by atoms with van der Waals surface area (Å²) in [6, 6.07) is 11.6. The molecule has 9 nitrogen and oxygen atoms in total. The van der Waals surface area contributed by atoms with Crippen LogP contribution in [-0.2, 0) is 21.7 Å². The first-order valence-electron chi connectivity index (χ1n) is 14.1. The van der Waals surface area contributed by atoms with Crippen molar-refractivity contribution in [3.63, 3.8) is 0 Å². The van der Waals surface area contributed by atoms with Gasteiger partial charge in [0, 0.05) is 56.5 Å². The van der Waals surface area contributed by atoms with Crippen LogP contribution < -0.4 is 10.2 Å². The highest BCUT2D eigenvalue weighted by molar-refractivity contribution is 5.82. The first-order chi connectivity index (χ1) is 21.2. The summed E-state index contributed by atoms with van der Waals surface area (Å²) in [7, 11) is 0. The van der Waals surface area contributed by atoms with Gasteiger partial charge in [0.1, 0.15) is 11.6 Å². The van der Waals surface area contributed by atoms with Crippen LogP contribution >= 0.6 is 0 Å². The number of alkyl halides is 3. The minimum Gasteiger partial charge on any atom is -0.475 e. The summed E-state index contributed by atoms with van der Waals surface area (Å²) in [5, 5.41) is 19.3. The number of amides is 1. The lowest BCUT2D eigenvalue weighted by atomic mass is 9.72. The quantitative estimate of drug-likeness (QED) is 0.370. The zero-order chi connectivity index (χ0) is 32.6. The Morgan fingerprint density at radius 2 is 1.73 bits per heavy atom. The number of aromatic nitrogens is 2. The topological polar surface area (TPSA) is 122 Å². The van der Waals surface area contributed by atoms with Crippen LogP contribution in [0.4, 0.5) is 27.6 Å². The number of anilines is 1. The van der Waals surface area contributed by atoms with Gasteiger partial charge < -0.3 is 15.3 Å². The summed E-state index contributed by atoms with van der Waals surface area (Å²) in [6.07, 6.45) is 1.77. The number of halogens is 5. The van der Waals surface area contributed by atoms with Crippen LogP contribution in [0, 0.1) is 34.3 Å². The van der Waals surface area contributed by atoms with Crippen LogP contribution in [0.15, 0.2) is 55.0 Å². The van der Waals surface area contributed by atoms with Gasteiger partial charge in [-0.2, -0.15) is 18.4 Å². The zero-order valence-electron chi connectivity index (χ0n) is 24.1. The monoisotopic (exact) mass is 628 g/mol. The maximum Gasteiger partial charge on any atom is 0.490 e. The van der Waals surface area contributed by atoms with Gasteiger partial charge in [0.05, 0.1) is 23.1 Å². The predicted molar refractivity (Wildman–Crippen MR) is 150 cm³/mol. The maximum atomic E-state index is 14.1. The summed E-state index contributed by atoms with van der Waals surface area (Å²) in [5.41, 5.74) is 2.82. The summed E-state index contributed by atoms with van der Waals surface area (Å²) in [5.74, 6) is -4.78. The molecule has 236 valence electrons. The minimum atomic E-state index is -5.08. The van der Waals surface area contributed by atoms with E-state index in [1.807, 2.05) is 18.2 Å². The number of likely N-dealkylation sites (tertiary alicyclic amines) is 1. The molecule has 3 aliphatic rings. The predicted octanol–water partition coefficient (Wildman–Crippen LogP) is 4.37. The third kappa shape index (κ3) is 7.04. The van der Waals surface area contributed by atoms with E-state index in [2.05, 4.69) is 31.2 Å². The molecule has 0 unspecified atom stereocenters. The number of carboxylic acids is 1. The molecule has 14 heteroatoms. The molecule has 2 aliphatic heterocycles. The van der Waals surface area contributed by atoms with E-state index in [0.717, 1.165) is 68.9 Å². The van der Waals surface area contributed by atoms with E-state index in [9.17, 15) is 26.7 Å². The number of benzene rings is 1. The lowest BCUT2D eigenvalue weighted by Gasteiger charge is -2.61. The van der Waals surface area contributed by atoms with E-state index >= 15 is 0 Å². The second-order valence-corrected chi connectivity index (χ2v) is 11.9. The molecular weight excluding hydrogens is 599 g/mol. The van der Waals surface area contributed by atoms with E-state index in [1.54, 1.807) is 25.5 Å². The smallest absolute Gasteiger partial charge is 0.475 e. The normalized spacial score (nSPS) is 18.4. The molecule has 45 heavy (non-hydrogen) atoms.